The van der Waals surface area contributed by atoms with Crippen LogP contribution in [0.1, 0.15) is 23.6 Å². The topological polar surface area (TPSA) is 55.1 Å². The van der Waals surface area contributed by atoms with Gasteiger partial charge in [0.15, 0.2) is 0 Å². The summed E-state index contributed by atoms with van der Waals surface area (Å²) in [7, 11) is 0. The van der Waals surface area contributed by atoms with Crippen LogP contribution in [0.15, 0.2) is 54.6 Å². The van der Waals surface area contributed by atoms with Gasteiger partial charge in [0.05, 0.1) is 6.04 Å². The number of hydrogen-bond acceptors (Lipinski definition) is 2. The molecule has 2 rings (SSSR count). The van der Waals surface area contributed by atoms with E-state index in [2.05, 4.69) is 18.3 Å². The maximum atomic E-state index is 12.1. The van der Waals surface area contributed by atoms with Crippen LogP contribution in [0.4, 0.5) is 0 Å². The van der Waals surface area contributed by atoms with Crippen LogP contribution in [0.3, 0.4) is 0 Å². The summed E-state index contributed by atoms with van der Waals surface area (Å²) < 4.78 is 0. The van der Waals surface area contributed by atoms with Crippen molar-refractivity contribution in [3.63, 3.8) is 0 Å². The Hall–Kier alpha value is -2.13. The molecular formula is C18H22N2O. The van der Waals surface area contributed by atoms with E-state index < -0.39 is 6.04 Å². The van der Waals surface area contributed by atoms with Gasteiger partial charge in [0.2, 0.25) is 5.91 Å². The predicted molar refractivity (Wildman–Crippen MR) is 85.8 cm³/mol. The van der Waals surface area contributed by atoms with Gasteiger partial charge < -0.3 is 11.1 Å². The van der Waals surface area contributed by atoms with Crippen molar-refractivity contribution in [1.29, 1.82) is 0 Å². The number of carbonyl (C=O) groups is 1. The Morgan fingerprint density at radius 2 is 1.67 bits per heavy atom. The predicted octanol–water partition coefficient (Wildman–Crippen LogP) is 2.44. The zero-order chi connectivity index (χ0) is 15.1. The minimum absolute atomic E-state index is 0.107. The molecule has 0 aliphatic heterocycles. The van der Waals surface area contributed by atoms with Crippen LogP contribution in [0.2, 0.25) is 0 Å². The molecule has 0 radical (unpaired) electrons. The lowest BCUT2D eigenvalue weighted by atomic mass is 10.0. The van der Waals surface area contributed by atoms with Crippen LogP contribution in [0, 0.1) is 0 Å². The first-order valence-electron chi connectivity index (χ1n) is 7.34. The third-order valence-corrected chi connectivity index (χ3v) is 3.59. The molecule has 21 heavy (non-hydrogen) atoms. The maximum Gasteiger partial charge on any atom is 0.237 e. The smallest absolute Gasteiger partial charge is 0.237 e. The molecule has 0 aromatic heterocycles. The highest BCUT2D eigenvalue weighted by Gasteiger charge is 2.13. The van der Waals surface area contributed by atoms with Gasteiger partial charge in [-0.1, -0.05) is 61.5 Å². The third-order valence-electron chi connectivity index (χ3n) is 3.59. The Morgan fingerprint density at radius 1 is 1.05 bits per heavy atom. The lowest BCUT2D eigenvalue weighted by Crippen LogP contribution is -2.41. The van der Waals surface area contributed by atoms with Gasteiger partial charge in [0, 0.05) is 6.54 Å². The van der Waals surface area contributed by atoms with Crippen molar-refractivity contribution < 1.29 is 4.79 Å². The lowest BCUT2D eigenvalue weighted by Gasteiger charge is -2.14. The van der Waals surface area contributed by atoms with Gasteiger partial charge >= 0.3 is 0 Å². The summed E-state index contributed by atoms with van der Waals surface area (Å²) >= 11 is 0. The number of carbonyl (C=O) groups excluding carboxylic acids is 1. The fourth-order valence-electron chi connectivity index (χ4n) is 2.35. The fraction of sp³-hybridized carbons (Fsp3) is 0.278. The highest BCUT2D eigenvalue weighted by Crippen LogP contribution is 2.09. The zero-order valence-electron chi connectivity index (χ0n) is 12.4. The summed E-state index contributed by atoms with van der Waals surface area (Å²) in [5.41, 5.74) is 9.46. The van der Waals surface area contributed by atoms with E-state index in [0.29, 0.717) is 13.0 Å². The Labute approximate surface area is 126 Å². The zero-order valence-corrected chi connectivity index (χ0v) is 12.4. The van der Waals surface area contributed by atoms with Crippen LogP contribution in [0.5, 0.6) is 0 Å². The van der Waals surface area contributed by atoms with Gasteiger partial charge in [-0.15, -0.1) is 0 Å². The number of aryl methyl sites for hydroxylation is 1. The van der Waals surface area contributed by atoms with E-state index in [9.17, 15) is 4.79 Å². The van der Waals surface area contributed by atoms with Crippen LogP contribution >= 0.6 is 0 Å². The number of benzene rings is 2. The van der Waals surface area contributed by atoms with Crippen LogP contribution in [0.25, 0.3) is 0 Å². The Kier molecular flexibility index (Phi) is 5.52. The molecule has 0 heterocycles. The van der Waals surface area contributed by atoms with Gasteiger partial charge in [-0.2, -0.15) is 0 Å². The fourth-order valence-corrected chi connectivity index (χ4v) is 2.35. The molecule has 0 saturated heterocycles. The first-order chi connectivity index (χ1) is 10.2. The van der Waals surface area contributed by atoms with Crippen molar-refractivity contribution in [2.24, 2.45) is 5.73 Å². The molecule has 0 aliphatic rings. The molecule has 0 spiro atoms. The van der Waals surface area contributed by atoms with E-state index in [0.717, 1.165) is 17.5 Å². The molecular weight excluding hydrogens is 260 g/mol. The van der Waals surface area contributed by atoms with Gasteiger partial charge in [-0.05, 0) is 29.5 Å². The molecule has 1 unspecified atom stereocenters. The number of amides is 1. The molecule has 0 aliphatic carbocycles. The Morgan fingerprint density at radius 3 is 2.33 bits per heavy atom. The second-order valence-electron chi connectivity index (χ2n) is 5.14. The summed E-state index contributed by atoms with van der Waals surface area (Å²) in [5.74, 6) is -0.107. The Bertz CT molecular complexity index is 581. The molecule has 3 N–H and O–H groups in total. The van der Waals surface area contributed by atoms with E-state index in [1.807, 2.05) is 48.5 Å². The Balaban J connectivity index is 1.89. The second kappa shape index (κ2) is 7.60. The van der Waals surface area contributed by atoms with E-state index in [4.69, 9.17) is 5.73 Å². The number of rotatable bonds is 6. The quantitative estimate of drug-likeness (QED) is 0.855. The molecule has 0 saturated carbocycles. The first kappa shape index (κ1) is 15.3. The summed E-state index contributed by atoms with van der Waals surface area (Å²) in [6.07, 6.45) is 1.52. The molecule has 3 nitrogen and oxygen atoms in total. The van der Waals surface area contributed by atoms with Crippen LogP contribution in [-0.4, -0.2) is 11.9 Å². The number of nitrogens with one attached hydrogen (secondary N) is 1. The third kappa shape index (κ3) is 4.43. The standard InChI is InChI=1S/C18H22N2O/c1-2-15-10-6-7-11-16(15)13-20-18(21)17(19)12-14-8-4-3-5-9-14/h3-11,17H,2,12-13,19H2,1H3,(H,20,21). The summed E-state index contributed by atoms with van der Waals surface area (Å²) in [6, 6.07) is 17.5. The SMILES string of the molecule is CCc1ccccc1CNC(=O)C(N)Cc1ccccc1. The summed E-state index contributed by atoms with van der Waals surface area (Å²) in [6.45, 7) is 2.65. The van der Waals surface area contributed by atoms with Gasteiger partial charge in [-0.25, -0.2) is 0 Å². The molecule has 3 heteroatoms. The average Bonchev–Trinajstić information content (AvgIpc) is 2.53. The summed E-state index contributed by atoms with van der Waals surface area (Å²) in [4.78, 5) is 12.1. The molecule has 0 fully saturated rings. The van der Waals surface area contributed by atoms with Gasteiger partial charge in [0.25, 0.3) is 0 Å². The van der Waals surface area contributed by atoms with Crippen molar-refractivity contribution in [2.75, 3.05) is 0 Å². The molecule has 0 bridgehead atoms. The van der Waals surface area contributed by atoms with E-state index in [1.54, 1.807) is 0 Å². The highest BCUT2D eigenvalue weighted by molar-refractivity contribution is 5.81. The molecule has 2 aromatic carbocycles. The van der Waals surface area contributed by atoms with Crippen LogP contribution < -0.4 is 11.1 Å². The maximum absolute atomic E-state index is 12.1. The first-order valence-corrected chi connectivity index (χ1v) is 7.34. The summed E-state index contributed by atoms with van der Waals surface area (Å²) in [5, 5.41) is 2.93. The van der Waals surface area contributed by atoms with Gasteiger partial charge in [0.1, 0.15) is 0 Å². The van der Waals surface area contributed by atoms with Crippen molar-refractivity contribution >= 4 is 5.91 Å². The second-order valence-corrected chi connectivity index (χ2v) is 5.14. The van der Waals surface area contributed by atoms with E-state index in [1.165, 1.54) is 5.56 Å². The monoisotopic (exact) mass is 282 g/mol. The molecule has 2 aromatic rings. The molecule has 1 amide bonds. The van der Waals surface area contributed by atoms with Crippen molar-refractivity contribution in [3.05, 3.63) is 71.3 Å². The minimum Gasteiger partial charge on any atom is -0.351 e. The average molecular weight is 282 g/mol. The molecule has 1 atom stereocenters. The number of hydrogen-bond donors (Lipinski definition) is 2. The van der Waals surface area contributed by atoms with E-state index >= 15 is 0 Å². The van der Waals surface area contributed by atoms with Crippen LogP contribution in [-0.2, 0) is 24.2 Å². The van der Waals surface area contributed by atoms with Crippen molar-refractivity contribution in [2.45, 2.75) is 32.4 Å². The van der Waals surface area contributed by atoms with Crippen molar-refractivity contribution in [1.82, 2.24) is 5.32 Å². The largest absolute Gasteiger partial charge is 0.351 e. The number of nitrogens with two attached hydrogens (primary N) is 1. The van der Waals surface area contributed by atoms with E-state index in [-0.39, 0.29) is 5.91 Å². The van der Waals surface area contributed by atoms with Crippen molar-refractivity contribution in [3.8, 4) is 0 Å². The van der Waals surface area contributed by atoms with Gasteiger partial charge in [-0.3, -0.25) is 4.79 Å². The minimum atomic E-state index is -0.513. The lowest BCUT2D eigenvalue weighted by molar-refractivity contribution is -0.122. The normalized spacial score (nSPS) is 11.9. The molecule has 110 valence electrons. The highest BCUT2D eigenvalue weighted by atomic mass is 16.2.